The van der Waals surface area contributed by atoms with Crippen molar-refractivity contribution < 1.29 is 18.7 Å². The predicted molar refractivity (Wildman–Crippen MR) is 138 cm³/mol. The van der Waals surface area contributed by atoms with E-state index in [4.69, 9.17) is 14.8 Å². The number of carbonyl (C=O) groups is 2. The van der Waals surface area contributed by atoms with Gasteiger partial charge >= 0.3 is 6.09 Å². The number of fused-ring (bicyclic) bond motifs is 1. The standard InChI is InChI=1S/C28H34FN5O3/c1-26(2,3)37-25(36)32-13-14-33(27(4,5)17-32)24(35)22-16-34-23(30-22)20(28(6)11-12-28)15-21(31-34)18-7-9-19(29)10-8-18/h7-10,15-16H,11-14,17H2,1-6H3. The highest BCUT2D eigenvalue weighted by atomic mass is 19.1. The molecule has 1 aromatic carbocycles. The molecule has 2 aromatic heterocycles. The monoisotopic (exact) mass is 507 g/mol. The van der Waals surface area contributed by atoms with Crippen molar-refractivity contribution in [3.63, 3.8) is 0 Å². The minimum Gasteiger partial charge on any atom is -0.444 e. The number of nitrogens with zero attached hydrogens (tertiary/aromatic N) is 5. The molecule has 1 aliphatic carbocycles. The van der Waals surface area contributed by atoms with Crippen molar-refractivity contribution in [1.29, 1.82) is 0 Å². The number of hydrogen-bond donors (Lipinski definition) is 0. The minimum atomic E-state index is -0.611. The van der Waals surface area contributed by atoms with Crippen LogP contribution in [0.3, 0.4) is 0 Å². The fourth-order valence-electron chi connectivity index (χ4n) is 4.89. The number of amides is 2. The number of carbonyl (C=O) groups excluding carboxylic acids is 2. The van der Waals surface area contributed by atoms with Crippen LogP contribution in [-0.4, -0.2) is 67.2 Å². The summed E-state index contributed by atoms with van der Waals surface area (Å²) in [6.45, 7) is 12.7. The molecule has 0 bridgehead atoms. The highest BCUT2D eigenvalue weighted by Gasteiger charge is 2.43. The lowest BCUT2D eigenvalue weighted by molar-refractivity contribution is -0.0110. The van der Waals surface area contributed by atoms with Gasteiger partial charge in [-0.05, 0) is 83.2 Å². The summed E-state index contributed by atoms with van der Waals surface area (Å²) in [5, 5.41) is 4.72. The maximum atomic E-state index is 13.7. The van der Waals surface area contributed by atoms with Crippen LogP contribution in [0.1, 0.15) is 70.4 Å². The van der Waals surface area contributed by atoms with Crippen LogP contribution >= 0.6 is 0 Å². The number of piperazine rings is 1. The first kappa shape index (κ1) is 25.2. The number of benzene rings is 1. The van der Waals surface area contributed by atoms with Crippen LogP contribution in [0.15, 0.2) is 36.5 Å². The molecule has 2 fully saturated rings. The zero-order chi connectivity index (χ0) is 26.8. The van der Waals surface area contributed by atoms with Crippen LogP contribution in [0.25, 0.3) is 16.9 Å². The third-order valence-electron chi connectivity index (χ3n) is 7.23. The van der Waals surface area contributed by atoms with Gasteiger partial charge in [0, 0.05) is 30.8 Å². The molecule has 8 nitrogen and oxygen atoms in total. The predicted octanol–water partition coefficient (Wildman–Crippen LogP) is 5.06. The molecule has 1 saturated heterocycles. The molecule has 2 aliphatic rings. The second-order valence-electron chi connectivity index (χ2n) is 12.1. The first-order valence-electron chi connectivity index (χ1n) is 12.7. The number of ether oxygens (including phenoxy) is 1. The zero-order valence-electron chi connectivity index (χ0n) is 22.3. The third-order valence-corrected chi connectivity index (χ3v) is 7.23. The Balaban J connectivity index is 1.45. The maximum Gasteiger partial charge on any atom is 0.410 e. The van der Waals surface area contributed by atoms with Crippen LogP contribution in [0.5, 0.6) is 0 Å². The van der Waals surface area contributed by atoms with Gasteiger partial charge in [0.1, 0.15) is 17.1 Å². The van der Waals surface area contributed by atoms with Crippen LogP contribution in [0.2, 0.25) is 0 Å². The van der Waals surface area contributed by atoms with Crippen LogP contribution in [-0.2, 0) is 10.2 Å². The molecule has 37 heavy (non-hydrogen) atoms. The molecular weight excluding hydrogens is 473 g/mol. The molecule has 1 saturated carbocycles. The summed E-state index contributed by atoms with van der Waals surface area (Å²) in [5.41, 5.74) is 2.30. The Bertz CT molecular complexity index is 1370. The number of rotatable bonds is 3. The average Bonchev–Trinajstić information content (AvgIpc) is 3.40. The molecule has 0 radical (unpaired) electrons. The lowest BCUT2D eigenvalue weighted by Gasteiger charge is -2.46. The van der Waals surface area contributed by atoms with E-state index < -0.39 is 11.1 Å². The third kappa shape index (κ3) is 4.91. The van der Waals surface area contributed by atoms with Crippen molar-refractivity contribution in [3.05, 3.63) is 53.6 Å². The lowest BCUT2D eigenvalue weighted by Crippen LogP contribution is -2.62. The Kier molecular flexibility index (Phi) is 5.80. The van der Waals surface area contributed by atoms with Crippen molar-refractivity contribution in [2.45, 2.75) is 70.9 Å². The highest BCUT2D eigenvalue weighted by molar-refractivity contribution is 5.94. The van der Waals surface area contributed by atoms with Gasteiger partial charge in [-0.2, -0.15) is 5.10 Å². The number of halogens is 1. The Labute approximate surface area is 216 Å². The van der Waals surface area contributed by atoms with Crippen molar-refractivity contribution in [2.24, 2.45) is 0 Å². The highest BCUT2D eigenvalue weighted by Crippen LogP contribution is 2.49. The first-order valence-corrected chi connectivity index (χ1v) is 12.7. The number of hydrogen-bond acceptors (Lipinski definition) is 5. The van der Waals surface area contributed by atoms with E-state index in [-0.39, 0.29) is 23.2 Å². The second kappa shape index (κ2) is 8.53. The number of aromatic nitrogens is 3. The molecule has 0 atom stereocenters. The van der Waals surface area contributed by atoms with E-state index in [1.165, 1.54) is 12.1 Å². The summed E-state index contributed by atoms with van der Waals surface area (Å²) in [5.74, 6) is -0.501. The van der Waals surface area contributed by atoms with Crippen LogP contribution in [0, 0.1) is 5.82 Å². The zero-order valence-corrected chi connectivity index (χ0v) is 22.3. The van der Waals surface area contributed by atoms with E-state index in [0.717, 1.165) is 24.0 Å². The van der Waals surface area contributed by atoms with Gasteiger partial charge in [-0.1, -0.05) is 6.92 Å². The van der Waals surface area contributed by atoms with Gasteiger partial charge in [-0.25, -0.2) is 18.7 Å². The quantitative estimate of drug-likeness (QED) is 0.495. The smallest absolute Gasteiger partial charge is 0.410 e. The molecule has 3 heterocycles. The lowest BCUT2D eigenvalue weighted by atomic mass is 9.98. The first-order chi connectivity index (χ1) is 17.3. The summed E-state index contributed by atoms with van der Waals surface area (Å²) in [4.78, 5) is 34.5. The van der Waals surface area contributed by atoms with Crippen LogP contribution < -0.4 is 0 Å². The molecule has 9 heteroatoms. The molecule has 0 spiro atoms. The molecule has 2 amide bonds. The van der Waals surface area contributed by atoms with Gasteiger partial charge in [-0.3, -0.25) is 4.79 Å². The fourth-order valence-corrected chi connectivity index (χ4v) is 4.89. The maximum absolute atomic E-state index is 13.7. The van der Waals surface area contributed by atoms with E-state index >= 15 is 0 Å². The molecule has 196 valence electrons. The van der Waals surface area contributed by atoms with Crippen molar-refractivity contribution in [1.82, 2.24) is 24.4 Å². The molecule has 1 aliphatic heterocycles. The average molecular weight is 508 g/mol. The van der Waals surface area contributed by atoms with Crippen LogP contribution in [0.4, 0.5) is 9.18 Å². The molecule has 0 unspecified atom stereocenters. The molecular formula is C28H34FN5O3. The molecule has 0 N–H and O–H groups in total. The summed E-state index contributed by atoms with van der Waals surface area (Å²) in [6.07, 6.45) is 3.37. The SMILES string of the molecule is CC(C)(C)OC(=O)N1CCN(C(=O)c2cn3nc(-c4ccc(F)cc4)cc(C4(C)CC4)c3n2)C(C)(C)C1. The Morgan fingerprint density at radius 1 is 1.05 bits per heavy atom. The fraction of sp³-hybridized carbons (Fsp3) is 0.500. The van der Waals surface area contributed by atoms with E-state index in [2.05, 4.69) is 6.92 Å². The number of imidazole rings is 1. The van der Waals surface area contributed by atoms with Gasteiger partial charge in [0.2, 0.25) is 0 Å². The Morgan fingerprint density at radius 3 is 2.32 bits per heavy atom. The van der Waals surface area contributed by atoms with Crippen molar-refractivity contribution >= 4 is 17.6 Å². The largest absolute Gasteiger partial charge is 0.444 e. The van der Waals surface area contributed by atoms with Crippen molar-refractivity contribution in [3.8, 4) is 11.3 Å². The molecule has 3 aromatic rings. The van der Waals surface area contributed by atoms with Gasteiger partial charge < -0.3 is 14.5 Å². The second-order valence-corrected chi connectivity index (χ2v) is 12.1. The van der Waals surface area contributed by atoms with E-state index in [9.17, 15) is 14.0 Å². The Hall–Kier alpha value is -3.49. The Morgan fingerprint density at radius 2 is 1.73 bits per heavy atom. The topological polar surface area (TPSA) is 80.0 Å². The van der Waals surface area contributed by atoms with Gasteiger partial charge in [-0.15, -0.1) is 0 Å². The van der Waals surface area contributed by atoms with E-state index in [0.29, 0.717) is 36.7 Å². The van der Waals surface area contributed by atoms with Gasteiger partial charge in [0.15, 0.2) is 5.65 Å². The summed E-state index contributed by atoms with van der Waals surface area (Å²) < 4.78 is 20.7. The van der Waals surface area contributed by atoms with Gasteiger partial charge in [0.25, 0.3) is 5.91 Å². The normalized spacial score (nSPS) is 18.7. The van der Waals surface area contributed by atoms with E-state index in [1.807, 2.05) is 40.7 Å². The summed E-state index contributed by atoms with van der Waals surface area (Å²) in [7, 11) is 0. The van der Waals surface area contributed by atoms with Crippen molar-refractivity contribution in [2.75, 3.05) is 19.6 Å². The van der Waals surface area contributed by atoms with E-state index in [1.54, 1.807) is 32.6 Å². The van der Waals surface area contributed by atoms with Gasteiger partial charge in [0.05, 0.1) is 17.4 Å². The minimum absolute atomic E-state index is 0.0248. The summed E-state index contributed by atoms with van der Waals surface area (Å²) >= 11 is 0. The summed E-state index contributed by atoms with van der Waals surface area (Å²) in [6, 6.07) is 8.26. The molecule has 5 rings (SSSR count).